The van der Waals surface area contributed by atoms with E-state index in [2.05, 4.69) is 0 Å². The molecule has 0 radical (unpaired) electrons. The molecule has 0 spiro atoms. The third-order valence-electron chi connectivity index (χ3n) is 3.76. The zero-order chi connectivity index (χ0) is 17.2. The second kappa shape index (κ2) is 6.31. The van der Waals surface area contributed by atoms with Gasteiger partial charge < -0.3 is 10.2 Å². The third kappa shape index (κ3) is 3.55. The van der Waals surface area contributed by atoms with E-state index in [4.69, 9.17) is 0 Å². The highest BCUT2D eigenvalue weighted by Crippen LogP contribution is 2.47. The molecule has 0 fully saturated rings. The van der Waals surface area contributed by atoms with Gasteiger partial charge in [-0.3, -0.25) is 14.1 Å². The summed E-state index contributed by atoms with van der Waals surface area (Å²) in [5.74, 6) is -3.93. The second-order valence-corrected chi connectivity index (χ2v) is 8.16. The van der Waals surface area contributed by atoms with Crippen molar-refractivity contribution in [3.8, 4) is 0 Å². The van der Waals surface area contributed by atoms with Crippen molar-refractivity contribution in [2.45, 2.75) is 52.2 Å². The Kier molecular flexibility index (Phi) is 5.97. The third-order valence-corrected chi connectivity index (χ3v) is 5.36. The predicted octanol–water partition coefficient (Wildman–Crippen LogP) is 1.88. The maximum atomic E-state index is 11.9. The number of hydrogen-bond acceptors (Lipinski definition) is 4. The molecule has 0 aromatic carbocycles. The first-order valence-corrected chi connectivity index (χ1v) is 8.10. The molecule has 0 saturated carbocycles. The van der Waals surface area contributed by atoms with Gasteiger partial charge in [0.2, 0.25) is 4.75 Å². The van der Waals surface area contributed by atoms with Gasteiger partial charge in [0.25, 0.3) is 10.1 Å². The van der Waals surface area contributed by atoms with Crippen molar-refractivity contribution in [3.05, 3.63) is 0 Å². The SMILES string of the molecule is CC(C)CC(CC(C)C)(C(=O)O)C(C)(C(=O)O)S(=O)(=O)O. The van der Waals surface area contributed by atoms with E-state index in [1.807, 2.05) is 0 Å². The van der Waals surface area contributed by atoms with Gasteiger partial charge in [-0.1, -0.05) is 27.7 Å². The number of carboxylic acid groups (broad SMARTS) is 2. The first-order valence-electron chi connectivity index (χ1n) is 6.66. The maximum absolute atomic E-state index is 11.9. The molecule has 21 heavy (non-hydrogen) atoms. The molecule has 0 saturated heterocycles. The van der Waals surface area contributed by atoms with Crippen molar-refractivity contribution in [3.63, 3.8) is 0 Å². The Labute approximate surface area is 125 Å². The highest BCUT2D eigenvalue weighted by atomic mass is 32.2. The predicted molar refractivity (Wildman–Crippen MR) is 76.6 cm³/mol. The Morgan fingerprint density at radius 3 is 1.43 bits per heavy atom. The maximum Gasteiger partial charge on any atom is 0.328 e. The summed E-state index contributed by atoms with van der Waals surface area (Å²) in [5, 5.41) is 19.0. The van der Waals surface area contributed by atoms with Crippen LogP contribution >= 0.6 is 0 Å². The van der Waals surface area contributed by atoms with Gasteiger partial charge in [-0.15, -0.1) is 0 Å². The summed E-state index contributed by atoms with van der Waals surface area (Å²) >= 11 is 0. The van der Waals surface area contributed by atoms with Gasteiger partial charge in [0.05, 0.1) is 0 Å². The molecular weight excluding hydrogens is 300 g/mol. The molecule has 0 aliphatic rings. The quantitative estimate of drug-likeness (QED) is 0.581. The summed E-state index contributed by atoms with van der Waals surface area (Å²) in [6, 6.07) is 0. The summed E-state index contributed by atoms with van der Waals surface area (Å²) in [6.07, 6.45) is -0.355. The number of hydrogen-bond donors (Lipinski definition) is 3. The highest BCUT2D eigenvalue weighted by Gasteiger charge is 2.66. The molecule has 0 bridgehead atoms. The van der Waals surface area contributed by atoms with Gasteiger partial charge in [0, 0.05) is 0 Å². The van der Waals surface area contributed by atoms with Crippen molar-refractivity contribution in [1.82, 2.24) is 0 Å². The lowest BCUT2D eigenvalue weighted by Gasteiger charge is -2.42. The van der Waals surface area contributed by atoms with Crippen molar-refractivity contribution < 1.29 is 32.8 Å². The van der Waals surface area contributed by atoms with Crippen LogP contribution in [0.4, 0.5) is 0 Å². The van der Waals surface area contributed by atoms with Gasteiger partial charge in [-0.25, -0.2) is 0 Å². The van der Waals surface area contributed by atoms with Crippen molar-refractivity contribution >= 4 is 22.1 Å². The van der Waals surface area contributed by atoms with Crippen LogP contribution in [-0.2, 0) is 19.7 Å². The first-order chi connectivity index (χ1) is 9.22. The zero-order valence-corrected chi connectivity index (χ0v) is 13.8. The van der Waals surface area contributed by atoms with Crippen LogP contribution in [0.3, 0.4) is 0 Å². The summed E-state index contributed by atoms with van der Waals surface area (Å²) < 4.78 is 30.1. The minimum atomic E-state index is -5.14. The molecule has 1 atom stereocenters. The summed E-state index contributed by atoms with van der Waals surface area (Å²) in [4.78, 5) is 23.4. The average molecular weight is 324 g/mol. The molecule has 0 aromatic heterocycles. The van der Waals surface area contributed by atoms with Crippen LogP contribution in [0.15, 0.2) is 0 Å². The number of rotatable bonds is 8. The van der Waals surface area contributed by atoms with E-state index in [1.54, 1.807) is 27.7 Å². The van der Waals surface area contributed by atoms with Crippen LogP contribution in [0.25, 0.3) is 0 Å². The van der Waals surface area contributed by atoms with E-state index in [9.17, 15) is 32.8 Å². The molecule has 0 amide bonds. The van der Waals surface area contributed by atoms with E-state index in [-0.39, 0.29) is 24.7 Å². The zero-order valence-electron chi connectivity index (χ0n) is 13.0. The van der Waals surface area contributed by atoms with E-state index >= 15 is 0 Å². The Hall–Kier alpha value is -1.15. The Morgan fingerprint density at radius 2 is 1.29 bits per heavy atom. The Balaban J connectivity index is 6.56. The van der Waals surface area contributed by atoms with Crippen LogP contribution in [0.5, 0.6) is 0 Å². The molecular formula is C13H24O7S. The molecule has 3 N–H and O–H groups in total. The molecule has 0 aliphatic heterocycles. The standard InChI is InChI=1S/C13H24O7S/c1-8(2)6-13(11(16)17,7-9(3)4)12(5,10(14)15)21(18,19)20/h8-9H,6-7H2,1-5H3,(H,14,15)(H,16,17)(H,18,19,20). The fourth-order valence-electron chi connectivity index (χ4n) is 2.81. The van der Waals surface area contributed by atoms with Gasteiger partial charge >= 0.3 is 11.9 Å². The lowest BCUT2D eigenvalue weighted by molar-refractivity contribution is -0.162. The summed E-state index contributed by atoms with van der Waals surface area (Å²) in [7, 11) is -5.14. The Morgan fingerprint density at radius 1 is 0.952 bits per heavy atom. The normalized spacial score (nSPS) is 16.0. The molecule has 1 unspecified atom stereocenters. The highest BCUT2D eigenvalue weighted by molar-refractivity contribution is 7.88. The number of carboxylic acids is 2. The fraction of sp³-hybridized carbons (Fsp3) is 0.846. The number of aliphatic carboxylic acids is 2. The van der Waals surface area contributed by atoms with Gasteiger partial charge in [-0.05, 0) is 31.6 Å². The van der Waals surface area contributed by atoms with Crippen LogP contribution in [0, 0.1) is 17.3 Å². The average Bonchev–Trinajstić information content (AvgIpc) is 2.22. The van der Waals surface area contributed by atoms with E-state index < -0.39 is 32.2 Å². The van der Waals surface area contributed by atoms with E-state index in [0.717, 1.165) is 6.92 Å². The van der Waals surface area contributed by atoms with E-state index in [0.29, 0.717) is 0 Å². The molecule has 124 valence electrons. The Bertz CT molecular complexity index is 497. The summed E-state index contributed by atoms with van der Waals surface area (Å²) in [6.45, 7) is 7.45. The second-order valence-electron chi connectivity index (χ2n) is 6.40. The molecule has 8 heteroatoms. The summed E-state index contributed by atoms with van der Waals surface area (Å²) in [5.41, 5.74) is -2.12. The van der Waals surface area contributed by atoms with Crippen molar-refractivity contribution in [1.29, 1.82) is 0 Å². The van der Waals surface area contributed by atoms with Crippen LogP contribution in [0.1, 0.15) is 47.5 Å². The first kappa shape index (κ1) is 19.9. The van der Waals surface area contributed by atoms with Gasteiger partial charge in [0.1, 0.15) is 5.41 Å². The molecule has 0 aromatic rings. The number of carbonyl (C=O) groups is 2. The van der Waals surface area contributed by atoms with Gasteiger partial charge in [0.15, 0.2) is 0 Å². The van der Waals surface area contributed by atoms with Gasteiger partial charge in [-0.2, -0.15) is 8.42 Å². The largest absolute Gasteiger partial charge is 0.481 e. The van der Waals surface area contributed by atoms with Crippen molar-refractivity contribution in [2.75, 3.05) is 0 Å². The lowest BCUT2D eigenvalue weighted by Crippen LogP contribution is -2.61. The smallest absolute Gasteiger partial charge is 0.328 e. The fourth-order valence-corrected chi connectivity index (χ4v) is 3.78. The minimum absolute atomic E-state index is 0.177. The van der Waals surface area contributed by atoms with E-state index in [1.165, 1.54) is 0 Å². The molecule has 0 rings (SSSR count). The molecule has 7 nitrogen and oxygen atoms in total. The lowest BCUT2D eigenvalue weighted by atomic mass is 9.66. The van der Waals surface area contributed by atoms with Crippen LogP contribution in [-0.4, -0.2) is 39.9 Å². The molecule has 0 heterocycles. The minimum Gasteiger partial charge on any atom is -0.481 e. The van der Waals surface area contributed by atoms with Crippen LogP contribution in [0.2, 0.25) is 0 Å². The monoisotopic (exact) mass is 324 g/mol. The topological polar surface area (TPSA) is 129 Å². The van der Waals surface area contributed by atoms with Crippen molar-refractivity contribution in [2.24, 2.45) is 17.3 Å². The van der Waals surface area contributed by atoms with Crippen LogP contribution < -0.4 is 0 Å². The molecule has 0 aliphatic carbocycles.